The third-order valence-corrected chi connectivity index (χ3v) is 2.95. The Bertz CT molecular complexity index is 608. The van der Waals surface area contributed by atoms with Gasteiger partial charge in [-0.2, -0.15) is 4.98 Å². The fraction of sp³-hybridized carbons (Fsp3) is 0.286. The van der Waals surface area contributed by atoms with E-state index in [0.717, 1.165) is 0 Å². The van der Waals surface area contributed by atoms with Crippen molar-refractivity contribution >= 4 is 11.9 Å². The van der Waals surface area contributed by atoms with Crippen molar-refractivity contribution in [2.45, 2.75) is 25.8 Å². The number of amides is 1. The quantitative estimate of drug-likeness (QED) is 0.838. The number of carboxylic acids is 1. The summed E-state index contributed by atoms with van der Waals surface area (Å²) in [7, 11) is 0. The molecule has 0 saturated heterocycles. The van der Waals surface area contributed by atoms with Crippen LogP contribution >= 0.6 is 0 Å². The van der Waals surface area contributed by atoms with E-state index in [1.807, 2.05) is 6.92 Å². The van der Waals surface area contributed by atoms with Crippen molar-refractivity contribution in [3.63, 3.8) is 0 Å². The third kappa shape index (κ3) is 3.65. The normalized spacial score (nSPS) is 11.9. The van der Waals surface area contributed by atoms with Crippen molar-refractivity contribution in [1.82, 2.24) is 15.5 Å². The number of carboxylic acid groups (broad SMARTS) is 1. The minimum absolute atomic E-state index is 0.379. The molecule has 1 aromatic heterocycles. The molecule has 1 amide bonds. The van der Waals surface area contributed by atoms with Gasteiger partial charge in [-0.15, -0.1) is 0 Å². The lowest BCUT2D eigenvalue weighted by Crippen LogP contribution is -2.40. The molecule has 0 spiro atoms. The lowest BCUT2D eigenvalue weighted by atomic mass is 10.1. The molecular formula is C14H15N3O4. The van der Waals surface area contributed by atoms with E-state index in [-0.39, 0.29) is 0 Å². The smallest absolute Gasteiger partial charge is 0.326 e. The van der Waals surface area contributed by atoms with Gasteiger partial charge in [0.2, 0.25) is 12.2 Å². The van der Waals surface area contributed by atoms with E-state index in [0.29, 0.717) is 29.8 Å². The molecule has 7 heteroatoms. The van der Waals surface area contributed by atoms with Gasteiger partial charge in [0.05, 0.1) is 0 Å². The van der Waals surface area contributed by atoms with Gasteiger partial charge in [-0.05, 0) is 18.6 Å². The molecule has 0 radical (unpaired) electrons. The lowest BCUT2D eigenvalue weighted by molar-refractivity contribution is -0.139. The fourth-order valence-electron chi connectivity index (χ4n) is 1.86. The molecule has 1 unspecified atom stereocenters. The van der Waals surface area contributed by atoms with Crippen molar-refractivity contribution in [2.75, 3.05) is 0 Å². The van der Waals surface area contributed by atoms with Gasteiger partial charge >= 0.3 is 5.97 Å². The molecule has 110 valence electrons. The van der Waals surface area contributed by atoms with E-state index in [2.05, 4.69) is 20.0 Å². The van der Waals surface area contributed by atoms with Crippen LogP contribution in [-0.4, -0.2) is 33.2 Å². The van der Waals surface area contributed by atoms with E-state index in [1.54, 1.807) is 24.3 Å². The molecule has 0 aliphatic heterocycles. The number of hydrogen-bond acceptors (Lipinski definition) is 5. The van der Waals surface area contributed by atoms with Gasteiger partial charge in [-0.3, -0.25) is 4.79 Å². The SMILES string of the molecule is CCCC(NC(=O)c1ccc(-c2ncon2)cc1)C(=O)O. The minimum Gasteiger partial charge on any atom is -0.480 e. The van der Waals surface area contributed by atoms with Gasteiger partial charge in [0.15, 0.2) is 0 Å². The number of rotatable bonds is 6. The largest absolute Gasteiger partial charge is 0.480 e. The summed E-state index contributed by atoms with van der Waals surface area (Å²) in [6.45, 7) is 1.86. The maximum absolute atomic E-state index is 12.0. The minimum atomic E-state index is -1.03. The van der Waals surface area contributed by atoms with E-state index < -0.39 is 17.9 Å². The molecule has 0 fully saturated rings. The predicted octanol–water partition coefficient (Wildman–Crippen LogP) is 1.72. The van der Waals surface area contributed by atoms with Gasteiger partial charge in [-0.1, -0.05) is 30.6 Å². The maximum Gasteiger partial charge on any atom is 0.326 e. The first-order valence-electron chi connectivity index (χ1n) is 6.52. The van der Waals surface area contributed by atoms with E-state index >= 15 is 0 Å². The van der Waals surface area contributed by atoms with Gasteiger partial charge < -0.3 is 14.9 Å². The number of nitrogens with one attached hydrogen (secondary N) is 1. The van der Waals surface area contributed by atoms with Crippen LogP contribution in [0.15, 0.2) is 35.2 Å². The highest BCUT2D eigenvalue weighted by atomic mass is 16.5. The first kappa shape index (κ1) is 14.7. The Hall–Kier alpha value is -2.70. The second kappa shape index (κ2) is 6.65. The van der Waals surface area contributed by atoms with Crippen LogP contribution in [0.5, 0.6) is 0 Å². The Morgan fingerprint density at radius 3 is 2.57 bits per heavy atom. The number of nitrogens with zero attached hydrogens (tertiary/aromatic N) is 2. The number of aromatic nitrogens is 2. The Labute approximate surface area is 121 Å². The van der Waals surface area contributed by atoms with Gasteiger partial charge in [0.1, 0.15) is 6.04 Å². The molecular weight excluding hydrogens is 274 g/mol. The number of hydrogen-bond donors (Lipinski definition) is 2. The van der Waals surface area contributed by atoms with E-state index in [1.165, 1.54) is 6.39 Å². The molecule has 0 aliphatic rings. The highest BCUT2D eigenvalue weighted by Crippen LogP contribution is 2.15. The average molecular weight is 289 g/mol. The summed E-state index contributed by atoms with van der Waals surface area (Å²) >= 11 is 0. The van der Waals surface area contributed by atoms with Crippen molar-refractivity contribution in [1.29, 1.82) is 0 Å². The second-order valence-corrected chi connectivity index (χ2v) is 4.49. The lowest BCUT2D eigenvalue weighted by Gasteiger charge is -2.13. The number of carbonyl (C=O) groups excluding carboxylic acids is 1. The van der Waals surface area contributed by atoms with Crippen molar-refractivity contribution in [3.05, 3.63) is 36.2 Å². The molecule has 0 aliphatic carbocycles. The molecule has 7 nitrogen and oxygen atoms in total. The Kier molecular flexibility index (Phi) is 4.65. The van der Waals surface area contributed by atoms with Crippen LogP contribution in [0.2, 0.25) is 0 Å². The third-order valence-electron chi connectivity index (χ3n) is 2.95. The van der Waals surface area contributed by atoms with Crippen LogP contribution in [0.1, 0.15) is 30.1 Å². The Morgan fingerprint density at radius 1 is 1.33 bits per heavy atom. The van der Waals surface area contributed by atoms with Crippen molar-refractivity contribution in [3.8, 4) is 11.4 Å². The van der Waals surface area contributed by atoms with E-state index in [4.69, 9.17) is 5.11 Å². The highest BCUT2D eigenvalue weighted by Gasteiger charge is 2.19. The Balaban J connectivity index is 2.07. The summed E-state index contributed by atoms with van der Waals surface area (Å²) in [5.41, 5.74) is 1.09. The van der Waals surface area contributed by atoms with Crippen LogP contribution in [0.4, 0.5) is 0 Å². The monoisotopic (exact) mass is 289 g/mol. The molecule has 1 atom stereocenters. The molecule has 0 saturated carbocycles. The highest BCUT2D eigenvalue weighted by molar-refractivity contribution is 5.96. The molecule has 2 aromatic rings. The standard InChI is InChI=1S/C14H15N3O4/c1-2-3-11(14(19)20)16-13(18)10-6-4-9(5-7-10)12-15-8-21-17-12/h4-8,11H,2-3H2,1H3,(H,16,18)(H,19,20). The average Bonchev–Trinajstić information content (AvgIpc) is 3.01. The summed E-state index contributed by atoms with van der Waals surface area (Å²) in [4.78, 5) is 26.9. The van der Waals surface area contributed by atoms with Crippen molar-refractivity contribution < 1.29 is 19.2 Å². The molecule has 2 rings (SSSR count). The summed E-state index contributed by atoms with van der Waals surface area (Å²) in [5, 5.41) is 15.2. The predicted molar refractivity (Wildman–Crippen MR) is 73.5 cm³/mol. The van der Waals surface area contributed by atoms with E-state index in [9.17, 15) is 9.59 Å². The maximum atomic E-state index is 12.0. The molecule has 0 bridgehead atoms. The van der Waals surface area contributed by atoms with Gasteiger partial charge in [0, 0.05) is 11.1 Å². The topological polar surface area (TPSA) is 105 Å². The molecule has 21 heavy (non-hydrogen) atoms. The summed E-state index contributed by atoms with van der Waals surface area (Å²) < 4.78 is 4.65. The number of aliphatic carboxylic acids is 1. The van der Waals surface area contributed by atoms with Crippen LogP contribution in [0, 0.1) is 0 Å². The van der Waals surface area contributed by atoms with Crippen LogP contribution in [-0.2, 0) is 4.79 Å². The first-order chi connectivity index (χ1) is 10.1. The fourth-order valence-corrected chi connectivity index (χ4v) is 1.86. The first-order valence-corrected chi connectivity index (χ1v) is 6.52. The van der Waals surface area contributed by atoms with Crippen molar-refractivity contribution in [2.24, 2.45) is 0 Å². The molecule has 1 aromatic carbocycles. The Morgan fingerprint density at radius 2 is 2.05 bits per heavy atom. The summed E-state index contributed by atoms with van der Waals surface area (Å²) in [5.74, 6) is -1.03. The van der Waals surface area contributed by atoms with Gasteiger partial charge in [0.25, 0.3) is 5.91 Å². The van der Waals surface area contributed by atoms with Crippen LogP contribution in [0.3, 0.4) is 0 Å². The second-order valence-electron chi connectivity index (χ2n) is 4.49. The zero-order chi connectivity index (χ0) is 15.2. The summed E-state index contributed by atoms with van der Waals surface area (Å²) in [6, 6.07) is 5.65. The van der Waals surface area contributed by atoms with Gasteiger partial charge in [-0.25, -0.2) is 4.79 Å². The number of benzene rings is 1. The molecule has 2 N–H and O–H groups in total. The molecule has 1 heterocycles. The number of carbonyl (C=O) groups is 2. The zero-order valence-corrected chi connectivity index (χ0v) is 11.4. The van der Waals surface area contributed by atoms with Crippen LogP contribution < -0.4 is 5.32 Å². The zero-order valence-electron chi connectivity index (χ0n) is 11.4. The summed E-state index contributed by atoms with van der Waals surface area (Å²) in [6.07, 6.45) is 2.29. The van der Waals surface area contributed by atoms with Crippen LogP contribution in [0.25, 0.3) is 11.4 Å².